The van der Waals surface area contributed by atoms with Crippen molar-refractivity contribution in [1.29, 1.82) is 0 Å². The minimum Gasteiger partial charge on any atom is -0.462 e. The summed E-state index contributed by atoms with van der Waals surface area (Å²) in [6, 6.07) is 5.95. The summed E-state index contributed by atoms with van der Waals surface area (Å²) in [6.45, 7) is 5.21. The summed E-state index contributed by atoms with van der Waals surface area (Å²) < 4.78 is 29.4. The van der Waals surface area contributed by atoms with Gasteiger partial charge >= 0.3 is 11.9 Å². The summed E-state index contributed by atoms with van der Waals surface area (Å²) in [6.07, 6.45) is 0. The van der Waals surface area contributed by atoms with Crippen molar-refractivity contribution in [3.63, 3.8) is 0 Å². The van der Waals surface area contributed by atoms with E-state index in [-0.39, 0.29) is 51.1 Å². The van der Waals surface area contributed by atoms with Crippen molar-refractivity contribution in [2.24, 2.45) is 0 Å². The van der Waals surface area contributed by atoms with Crippen molar-refractivity contribution in [2.45, 2.75) is 26.0 Å². The molecule has 0 aliphatic heterocycles. The molecule has 0 fully saturated rings. The van der Waals surface area contributed by atoms with E-state index in [9.17, 15) is 18.8 Å². The molecular weight excluding hydrogens is 473 g/mol. The number of aromatic nitrogens is 2. The SMILES string of the molecule is CCOC(=O)c1sc(NC(=O)CSc2nnc(-c3ccccc3F)o2)c(C(=O)OCC)c1C. The zero-order chi connectivity index (χ0) is 24.0. The molecule has 33 heavy (non-hydrogen) atoms. The van der Waals surface area contributed by atoms with Gasteiger partial charge in [0.25, 0.3) is 11.1 Å². The second kappa shape index (κ2) is 11.1. The number of thioether (sulfide) groups is 1. The first kappa shape index (κ1) is 24.4. The summed E-state index contributed by atoms with van der Waals surface area (Å²) in [5, 5.41) is 10.5. The van der Waals surface area contributed by atoms with Gasteiger partial charge in [0.15, 0.2) is 0 Å². The summed E-state index contributed by atoms with van der Waals surface area (Å²) in [7, 11) is 0. The molecule has 3 aromatic rings. The number of amides is 1. The molecule has 1 amide bonds. The molecular formula is C21H20FN3O6S2. The minimum absolute atomic E-state index is 0.00596. The van der Waals surface area contributed by atoms with Crippen LogP contribution in [0.4, 0.5) is 9.39 Å². The van der Waals surface area contributed by atoms with E-state index >= 15 is 0 Å². The van der Waals surface area contributed by atoms with Gasteiger partial charge in [0.2, 0.25) is 5.91 Å². The van der Waals surface area contributed by atoms with Gasteiger partial charge in [-0.05, 0) is 38.5 Å². The number of benzene rings is 1. The first-order valence-corrected chi connectivity index (χ1v) is 11.6. The van der Waals surface area contributed by atoms with E-state index in [1.807, 2.05) is 0 Å². The van der Waals surface area contributed by atoms with Crippen LogP contribution in [-0.2, 0) is 14.3 Å². The molecule has 0 atom stereocenters. The molecule has 2 aromatic heterocycles. The molecule has 0 saturated heterocycles. The molecule has 0 radical (unpaired) electrons. The molecule has 2 heterocycles. The molecule has 9 nitrogen and oxygen atoms in total. The topological polar surface area (TPSA) is 121 Å². The van der Waals surface area contributed by atoms with Gasteiger partial charge in [0.1, 0.15) is 15.7 Å². The predicted octanol–water partition coefficient (Wildman–Crippen LogP) is 4.33. The Bertz CT molecular complexity index is 1180. The number of hydrogen-bond donors (Lipinski definition) is 1. The number of nitrogens with zero attached hydrogens (tertiary/aromatic N) is 2. The van der Waals surface area contributed by atoms with Crippen molar-refractivity contribution in [3.8, 4) is 11.5 Å². The van der Waals surface area contributed by atoms with E-state index in [2.05, 4.69) is 15.5 Å². The van der Waals surface area contributed by atoms with Gasteiger partial charge in [-0.1, -0.05) is 23.9 Å². The largest absolute Gasteiger partial charge is 0.462 e. The lowest BCUT2D eigenvalue weighted by molar-refractivity contribution is -0.113. The van der Waals surface area contributed by atoms with Crippen molar-refractivity contribution in [1.82, 2.24) is 10.2 Å². The second-order valence-electron chi connectivity index (χ2n) is 6.39. The predicted molar refractivity (Wildman–Crippen MR) is 120 cm³/mol. The van der Waals surface area contributed by atoms with Crippen molar-refractivity contribution in [2.75, 3.05) is 24.3 Å². The third kappa shape index (κ3) is 5.76. The molecule has 0 saturated carbocycles. The van der Waals surface area contributed by atoms with Crippen molar-refractivity contribution < 1.29 is 32.7 Å². The first-order valence-electron chi connectivity index (χ1n) is 9.84. The molecule has 0 spiro atoms. The average Bonchev–Trinajstić information content (AvgIpc) is 3.37. The number of anilines is 1. The van der Waals surface area contributed by atoms with Crippen LogP contribution in [0.1, 0.15) is 39.4 Å². The Hall–Kier alpha value is -3.25. The standard InChI is InChI=1S/C21H20FN3O6S2/c1-4-29-19(27)15-11(3)16(20(28)30-5-2)33-18(15)23-14(26)10-32-21-25-24-17(31-21)12-8-6-7-9-13(12)22/h6-9H,4-5,10H2,1-3H3,(H,23,26). The quantitative estimate of drug-likeness (QED) is 0.343. The fourth-order valence-corrected chi connectivity index (χ4v) is 4.41. The highest BCUT2D eigenvalue weighted by Gasteiger charge is 2.27. The van der Waals surface area contributed by atoms with Crippen LogP contribution in [0.5, 0.6) is 0 Å². The molecule has 3 rings (SSSR count). The highest BCUT2D eigenvalue weighted by molar-refractivity contribution is 7.99. The Morgan fingerprint density at radius 3 is 2.52 bits per heavy atom. The molecule has 0 aliphatic rings. The summed E-state index contributed by atoms with van der Waals surface area (Å²) >= 11 is 1.87. The fraction of sp³-hybridized carbons (Fsp3) is 0.286. The number of halogens is 1. The highest BCUT2D eigenvalue weighted by atomic mass is 32.2. The Balaban J connectivity index is 1.72. The van der Waals surface area contributed by atoms with E-state index in [1.165, 1.54) is 12.1 Å². The minimum atomic E-state index is -0.656. The number of ether oxygens (including phenoxy) is 2. The molecule has 0 bridgehead atoms. The second-order valence-corrected chi connectivity index (χ2v) is 8.34. The first-order chi connectivity index (χ1) is 15.8. The Kier molecular flexibility index (Phi) is 8.17. The number of esters is 2. The lowest BCUT2D eigenvalue weighted by Gasteiger charge is -2.06. The van der Waals surface area contributed by atoms with Gasteiger partial charge in [-0.25, -0.2) is 14.0 Å². The summed E-state index contributed by atoms with van der Waals surface area (Å²) in [4.78, 5) is 37.4. The average molecular weight is 494 g/mol. The number of carbonyl (C=O) groups is 3. The van der Waals surface area contributed by atoms with Gasteiger partial charge < -0.3 is 19.2 Å². The van der Waals surface area contributed by atoms with E-state index in [0.29, 0.717) is 5.56 Å². The maximum atomic E-state index is 13.9. The Labute approximate surface area is 196 Å². The number of carbonyl (C=O) groups excluding carboxylic acids is 3. The van der Waals surface area contributed by atoms with Crippen LogP contribution in [0.2, 0.25) is 0 Å². The number of rotatable bonds is 9. The van der Waals surface area contributed by atoms with Crippen molar-refractivity contribution in [3.05, 3.63) is 46.1 Å². The number of nitrogens with one attached hydrogen (secondary N) is 1. The molecule has 0 unspecified atom stereocenters. The van der Waals surface area contributed by atoms with Crippen LogP contribution >= 0.6 is 23.1 Å². The summed E-state index contributed by atoms with van der Waals surface area (Å²) in [5.74, 6) is -2.37. The van der Waals surface area contributed by atoms with Crippen LogP contribution in [0.3, 0.4) is 0 Å². The van der Waals surface area contributed by atoms with Crippen LogP contribution < -0.4 is 5.32 Å². The lowest BCUT2D eigenvalue weighted by Crippen LogP contribution is -2.16. The van der Waals surface area contributed by atoms with Gasteiger partial charge in [-0.2, -0.15) is 0 Å². The lowest BCUT2D eigenvalue weighted by atomic mass is 10.1. The van der Waals surface area contributed by atoms with Gasteiger partial charge in [-0.3, -0.25) is 4.79 Å². The fourth-order valence-electron chi connectivity index (χ4n) is 2.74. The Morgan fingerprint density at radius 2 is 1.82 bits per heavy atom. The van der Waals surface area contributed by atoms with E-state index < -0.39 is 23.7 Å². The highest BCUT2D eigenvalue weighted by Crippen LogP contribution is 2.34. The molecule has 1 N–H and O–H groups in total. The monoisotopic (exact) mass is 493 g/mol. The zero-order valence-electron chi connectivity index (χ0n) is 18.0. The molecule has 1 aromatic carbocycles. The third-order valence-electron chi connectivity index (χ3n) is 4.18. The van der Waals surface area contributed by atoms with E-state index in [4.69, 9.17) is 13.9 Å². The van der Waals surface area contributed by atoms with Gasteiger partial charge in [0, 0.05) is 0 Å². The van der Waals surface area contributed by atoms with Crippen molar-refractivity contribution >= 4 is 45.9 Å². The van der Waals surface area contributed by atoms with E-state index in [0.717, 1.165) is 23.1 Å². The van der Waals surface area contributed by atoms with Gasteiger partial charge in [-0.15, -0.1) is 21.5 Å². The third-order valence-corrected chi connectivity index (χ3v) is 6.18. The van der Waals surface area contributed by atoms with E-state index in [1.54, 1.807) is 32.9 Å². The van der Waals surface area contributed by atoms with Crippen LogP contribution in [-0.4, -0.2) is 47.0 Å². The van der Waals surface area contributed by atoms with Crippen LogP contribution in [0.25, 0.3) is 11.5 Å². The normalized spacial score (nSPS) is 10.7. The summed E-state index contributed by atoms with van der Waals surface area (Å²) in [5.41, 5.74) is 0.620. The molecule has 174 valence electrons. The number of hydrogen-bond acceptors (Lipinski definition) is 10. The zero-order valence-corrected chi connectivity index (χ0v) is 19.6. The van der Waals surface area contributed by atoms with Crippen LogP contribution in [0, 0.1) is 12.7 Å². The number of thiophene rings is 1. The Morgan fingerprint density at radius 1 is 1.12 bits per heavy atom. The van der Waals surface area contributed by atoms with Crippen LogP contribution in [0.15, 0.2) is 33.9 Å². The maximum Gasteiger partial charge on any atom is 0.348 e. The van der Waals surface area contributed by atoms with Gasteiger partial charge in [0.05, 0.1) is 30.1 Å². The molecule has 0 aliphatic carbocycles. The maximum absolute atomic E-state index is 13.9. The smallest absolute Gasteiger partial charge is 0.348 e. The molecule has 12 heteroatoms.